The van der Waals surface area contributed by atoms with Crippen LogP contribution in [0.5, 0.6) is 0 Å². The van der Waals surface area contributed by atoms with Crippen molar-refractivity contribution in [3.63, 3.8) is 0 Å². The number of benzene rings is 2. The maximum Gasteiger partial charge on any atom is 0.255 e. The van der Waals surface area contributed by atoms with Crippen molar-refractivity contribution in [3.8, 4) is 0 Å². The molecule has 1 saturated carbocycles. The van der Waals surface area contributed by atoms with Crippen molar-refractivity contribution in [1.29, 1.82) is 0 Å². The van der Waals surface area contributed by atoms with Crippen molar-refractivity contribution in [2.24, 2.45) is 13.0 Å². The highest BCUT2D eigenvalue weighted by atomic mass is 16.2. The first-order valence-corrected chi connectivity index (χ1v) is 11.9. The summed E-state index contributed by atoms with van der Waals surface area (Å²) in [6.45, 7) is 7.05. The number of hydrogen-bond acceptors (Lipinski definition) is 3. The predicted molar refractivity (Wildman–Crippen MR) is 132 cm³/mol. The van der Waals surface area contributed by atoms with Crippen LogP contribution in [0, 0.1) is 5.92 Å². The van der Waals surface area contributed by atoms with E-state index < -0.39 is 0 Å². The van der Waals surface area contributed by atoms with Gasteiger partial charge in [-0.3, -0.25) is 9.59 Å². The van der Waals surface area contributed by atoms with Crippen LogP contribution in [0.3, 0.4) is 0 Å². The third kappa shape index (κ3) is 5.27. The molecule has 1 fully saturated rings. The average Bonchev–Trinajstić information content (AvgIpc) is 3.42. The molecule has 4 rings (SSSR count). The summed E-state index contributed by atoms with van der Waals surface area (Å²) in [6, 6.07) is 13.5. The molecule has 0 radical (unpaired) electrons. The molecular formula is C27H34N4O2. The molecule has 6 heteroatoms. The number of imidazole rings is 1. The molecule has 0 aliphatic heterocycles. The molecule has 3 aromatic rings. The largest absolute Gasteiger partial charge is 0.355 e. The number of carbonyl (C=O) groups excluding carboxylic acids is 2. The molecule has 0 saturated heterocycles. The quantitative estimate of drug-likeness (QED) is 0.561. The molecule has 1 aromatic heterocycles. The lowest BCUT2D eigenvalue weighted by atomic mass is 9.87. The van der Waals surface area contributed by atoms with Gasteiger partial charge in [0.25, 0.3) is 5.91 Å². The van der Waals surface area contributed by atoms with E-state index in [1.54, 1.807) is 0 Å². The van der Waals surface area contributed by atoms with Gasteiger partial charge in [0.15, 0.2) is 0 Å². The van der Waals surface area contributed by atoms with Gasteiger partial charge in [-0.15, -0.1) is 0 Å². The Balaban J connectivity index is 1.40. The first-order chi connectivity index (χ1) is 15.7. The Morgan fingerprint density at radius 2 is 1.76 bits per heavy atom. The van der Waals surface area contributed by atoms with Crippen LogP contribution >= 0.6 is 0 Å². The maximum atomic E-state index is 12.7. The molecule has 0 bridgehead atoms. The standard InChI is InChI=1S/C27H34N4O2/c1-27(2,3)20-11-9-19(10-12-20)26(33)29-21-13-14-23-22(17-21)30-24(31(23)4)15-16-28-25(32)18-7-5-6-8-18/h9-14,17-18H,5-8,15-16H2,1-4H3,(H,28,32)(H,29,33). The minimum absolute atomic E-state index is 0.0516. The van der Waals surface area contributed by atoms with Gasteiger partial charge in [-0.25, -0.2) is 4.98 Å². The zero-order valence-corrected chi connectivity index (χ0v) is 20.1. The van der Waals surface area contributed by atoms with Gasteiger partial charge in [0, 0.05) is 37.2 Å². The predicted octanol–water partition coefficient (Wildman–Crippen LogP) is 4.97. The number of fused-ring (bicyclic) bond motifs is 1. The van der Waals surface area contributed by atoms with E-state index in [9.17, 15) is 9.59 Å². The number of rotatable bonds is 6. The fourth-order valence-electron chi connectivity index (χ4n) is 4.51. The summed E-state index contributed by atoms with van der Waals surface area (Å²) in [5.41, 5.74) is 4.42. The van der Waals surface area contributed by atoms with E-state index >= 15 is 0 Å². The van der Waals surface area contributed by atoms with Crippen LogP contribution in [0.4, 0.5) is 5.69 Å². The molecule has 33 heavy (non-hydrogen) atoms. The smallest absolute Gasteiger partial charge is 0.255 e. The number of nitrogens with one attached hydrogen (secondary N) is 2. The highest BCUT2D eigenvalue weighted by Crippen LogP contribution is 2.25. The number of carbonyl (C=O) groups is 2. The highest BCUT2D eigenvalue weighted by molar-refractivity contribution is 6.05. The lowest BCUT2D eigenvalue weighted by Crippen LogP contribution is -2.31. The van der Waals surface area contributed by atoms with Gasteiger partial charge < -0.3 is 15.2 Å². The van der Waals surface area contributed by atoms with Gasteiger partial charge in [-0.05, 0) is 54.2 Å². The number of aromatic nitrogens is 2. The van der Waals surface area contributed by atoms with Crippen LogP contribution in [-0.4, -0.2) is 27.9 Å². The molecule has 6 nitrogen and oxygen atoms in total. The second-order valence-electron chi connectivity index (χ2n) is 10.1. The topological polar surface area (TPSA) is 76.0 Å². The van der Waals surface area contributed by atoms with Crippen LogP contribution < -0.4 is 10.6 Å². The molecule has 0 spiro atoms. The molecule has 2 N–H and O–H groups in total. The normalized spacial score (nSPS) is 14.5. The molecule has 2 amide bonds. The minimum Gasteiger partial charge on any atom is -0.355 e. The number of hydrogen-bond donors (Lipinski definition) is 2. The molecule has 1 heterocycles. The number of anilines is 1. The fourth-order valence-corrected chi connectivity index (χ4v) is 4.51. The third-order valence-corrected chi connectivity index (χ3v) is 6.62. The molecule has 1 aliphatic rings. The van der Waals surface area contributed by atoms with E-state index in [-0.39, 0.29) is 23.1 Å². The molecular weight excluding hydrogens is 412 g/mol. The van der Waals surface area contributed by atoms with Crippen molar-refractivity contribution < 1.29 is 9.59 Å². The van der Waals surface area contributed by atoms with Gasteiger partial charge >= 0.3 is 0 Å². The first-order valence-electron chi connectivity index (χ1n) is 11.9. The molecule has 0 unspecified atom stereocenters. The van der Waals surface area contributed by atoms with Crippen LogP contribution in [0.1, 0.15) is 68.2 Å². The fraction of sp³-hybridized carbons (Fsp3) is 0.444. The van der Waals surface area contributed by atoms with Crippen molar-refractivity contribution in [2.75, 3.05) is 11.9 Å². The van der Waals surface area contributed by atoms with Gasteiger partial charge in [-0.2, -0.15) is 0 Å². The SMILES string of the molecule is Cn1c(CCNC(=O)C2CCCC2)nc2cc(NC(=O)c3ccc(C(C)(C)C)cc3)ccc21. The summed E-state index contributed by atoms with van der Waals surface area (Å²) in [6.07, 6.45) is 5.00. The summed E-state index contributed by atoms with van der Waals surface area (Å²) >= 11 is 0. The Labute approximate surface area is 195 Å². The van der Waals surface area contributed by atoms with Gasteiger partial charge in [0.1, 0.15) is 5.82 Å². The second-order valence-corrected chi connectivity index (χ2v) is 10.1. The summed E-state index contributed by atoms with van der Waals surface area (Å²) < 4.78 is 2.05. The highest BCUT2D eigenvalue weighted by Gasteiger charge is 2.22. The van der Waals surface area contributed by atoms with Crippen LogP contribution in [0.25, 0.3) is 11.0 Å². The number of aryl methyl sites for hydroxylation is 1. The van der Waals surface area contributed by atoms with Gasteiger partial charge in [0.05, 0.1) is 11.0 Å². The minimum atomic E-state index is -0.138. The Hall–Kier alpha value is -3.15. The number of amides is 2. The third-order valence-electron chi connectivity index (χ3n) is 6.62. The summed E-state index contributed by atoms with van der Waals surface area (Å²) in [5.74, 6) is 1.13. The van der Waals surface area contributed by atoms with Gasteiger partial charge in [-0.1, -0.05) is 45.7 Å². The van der Waals surface area contributed by atoms with Crippen molar-refractivity contribution in [1.82, 2.24) is 14.9 Å². The Morgan fingerprint density at radius 3 is 2.42 bits per heavy atom. The summed E-state index contributed by atoms with van der Waals surface area (Å²) in [7, 11) is 1.98. The van der Waals surface area contributed by atoms with Crippen LogP contribution in [0.15, 0.2) is 42.5 Å². The molecule has 2 aromatic carbocycles. The zero-order valence-electron chi connectivity index (χ0n) is 20.1. The van der Waals surface area contributed by atoms with E-state index in [2.05, 4.69) is 31.4 Å². The molecule has 0 atom stereocenters. The zero-order chi connectivity index (χ0) is 23.6. The van der Waals surface area contributed by atoms with Crippen molar-refractivity contribution in [3.05, 3.63) is 59.4 Å². The lowest BCUT2D eigenvalue weighted by molar-refractivity contribution is -0.124. The Bertz CT molecular complexity index is 1150. The summed E-state index contributed by atoms with van der Waals surface area (Å²) in [5, 5.41) is 6.05. The van der Waals surface area contributed by atoms with Crippen molar-refractivity contribution >= 4 is 28.5 Å². The van der Waals surface area contributed by atoms with Crippen molar-refractivity contribution in [2.45, 2.75) is 58.3 Å². The number of nitrogens with zero attached hydrogens (tertiary/aromatic N) is 2. The first kappa shape index (κ1) is 23.0. The maximum absolute atomic E-state index is 12.7. The van der Waals surface area contributed by atoms with E-state index in [0.717, 1.165) is 42.5 Å². The van der Waals surface area contributed by atoms with E-state index in [1.807, 2.05) is 54.1 Å². The monoisotopic (exact) mass is 446 g/mol. The van der Waals surface area contributed by atoms with E-state index in [4.69, 9.17) is 4.98 Å². The Morgan fingerprint density at radius 1 is 1.06 bits per heavy atom. The van der Waals surface area contributed by atoms with Crippen LogP contribution in [-0.2, 0) is 23.7 Å². The van der Waals surface area contributed by atoms with Gasteiger partial charge in [0.2, 0.25) is 5.91 Å². The summed E-state index contributed by atoms with van der Waals surface area (Å²) in [4.78, 5) is 29.7. The molecule has 1 aliphatic carbocycles. The molecule has 174 valence electrons. The van der Waals surface area contributed by atoms with E-state index in [0.29, 0.717) is 24.2 Å². The van der Waals surface area contributed by atoms with E-state index in [1.165, 1.54) is 5.56 Å². The average molecular weight is 447 g/mol. The second kappa shape index (κ2) is 9.38. The van der Waals surface area contributed by atoms with Crippen LogP contribution in [0.2, 0.25) is 0 Å². The Kier molecular flexibility index (Phi) is 6.54. The lowest BCUT2D eigenvalue weighted by Gasteiger charge is -2.19.